The Balaban J connectivity index is 0.000000183. The van der Waals surface area contributed by atoms with E-state index in [1.54, 1.807) is 100 Å². The Bertz CT molecular complexity index is 6440. The molecule has 2 N–H and O–H groups in total. The molecule has 4 aliphatic rings. The first-order valence-electron chi connectivity index (χ1n) is 39.2. The van der Waals surface area contributed by atoms with Crippen LogP contribution in [0.1, 0.15) is 48.7 Å². The number of rotatable bonds is 24. The summed E-state index contributed by atoms with van der Waals surface area (Å²) in [7, 11) is -16.5. The van der Waals surface area contributed by atoms with Crippen molar-refractivity contribution in [2.45, 2.75) is 90.0 Å². The van der Waals surface area contributed by atoms with E-state index >= 15 is 0 Å². The quantitative estimate of drug-likeness (QED) is 0.0254. The third-order valence-electron chi connectivity index (χ3n) is 20.0. The number of nitrogens with two attached hydrogens (primary N) is 1. The molecule has 9 aromatic rings. The van der Waals surface area contributed by atoms with Gasteiger partial charge in [0.25, 0.3) is 34.6 Å². The SMILES string of the molecule is CC(=O)N1CCN(S(=O)(=O)c2cc([N+](=O)[O-])ccc2Sc2cc(Cl)ccc2Cl)CC1.CC(C)CC(=O)N1CCN(S(=O)(=O)c2cc([N+](=O)[O-])ccc2Sc2cc(Cl)ccc2Cl)CC1.Cc1cc(Cl)cc(Oc2ccc([N+](=O)[O-])cc2S(=O)(=O)N2CCN(/C(N)=N/[N+](=O)[O-])CC2)c1.Cc1ccc(C(=O)N2CCN(S(=O)(=O)c3cc([N+](=O)[O-])ccc3Sc3cc(Cl)ccc3Cl)CC2)cc1. The molecule has 4 heterocycles. The van der Waals surface area contributed by atoms with Gasteiger partial charge in [-0.1, -0.05) is 148 Å². The number of ether oxygens (including phenoxy) is 1. The summed E-state index contributed by atoms with van der Waals surface area (Å²) in [6.45, 7) is 11.0. The lowest BCUT2D eigenvalue weighted by Crippen LogP contribution is -2.52. The smallest absolute Gasteiger partial charge is 0.271 e. The number of nitrogens with zero attached hydrogens (tertiary/aromatic N) is 14. The van der Waals surface area contributed by atoms with E-state index in [4.69, 9.17) is 91.7 Å². The summed E-state index contributed by atoms with van der Waals surface area (Å²) in [6.07, 6.45) is 0.402. The minimum Gasteiger partial charge on any atom is -0.456 e. The molecule has 0 atom stereocenters. The lowest BCUT2D eigenvalue weighted by molar-refractivity contribution is -0.485. The van der Waals surface area contributed by atoms with Gasteiger partial charge in [0.05, 0.1) is 34.8 Å². The second-order valence-electron chi connectivity index (χ2n) is 29.6. The van der Waals surface area contributed by atoms with E-state index in [9.17, 15) is 98.6 Å². The predicted octanol–water partition coefficient (Wildman–Crippen LogP) is 16.5. The molecule has 37 nitrogen and oxygen atoms in total. The van der Waals surface area contributed by atoms with Crippen molar-refractivity contribution in [3.63, 3.8) is 0 Å². The molecule has 702 valence electrons. The monoisotopic (exact) mass is 2080 g/mol. The van der Waals surface area contributed by atoms with E-state index in [-0.39, 0.29) is 182 Å². The summed E-state index contributed by atoms with van der Waals surface area (Å²) < 4.78 is 118. The first-order valence-corrected chi connectivity index (χ1v) is 50.1. The minimum atomic E-state index is -4.23. The highest BCUT2D eigenvalue weighted by molar-refractivity contribution is 8.01. The zero-order valence-electron chi connectivity index (χ0n) is 70.1. The van der Waals surface area contributed by atoms with E-state index < -0.39 is 75.4 Å². The molecule has 4 saturated heterocycles. The molecule has 0 unspecified atom stereocenters. The molecule has 0 aliphatic carbocycles. The lowest BCUT2D eigenvalue weighted by Gasteiger charge is -2.34. The third kappa shape index (κ3) is 27.1. The van der Waals surface area contributed by atoms with Gasteiger partial charge in [0.2, 0.25) is 51.9 Å². The highest BCUT2D eigenvalue weighted by Crippen LogP contribution is 2.45. The predicted molar refractivity (Wildman–Crippen MR) is 501 cm³/mol. The number of amides is 3. The van der Waals surface area contributed by atoms with Crippen molar-refractivity contribution in [1.29, 1.82) is 0 Å². The average Bonchev–Trinajstić information content (AvgIpc) is 0.783. The first kappa shape index (κ1) is 104. The van der Waals surface area contributed by atoms with Crippen LogP contribution < -0.4 is 10.5 Å². The number of hydrogen-bond donors (Lipinski definition) is 1. The van der Waals surface area contributed by atoms with Crippen molar-refractivity contribution in [1.82, 2.24) is 36.8 Å². The van der Waals surface area contributed by atoms with Gasteiger partial charge in [-0.25, -0.2) is 43.8 Å². The van der Waals surface area contributed by atoms with Crippen LogP contribution in [0, 0.1) is 70.3 Å². The number of piperazine rings is 4. The molecule has 132 heavy (non-hydrogen) atoms. The van der Waals surface area contributed by atoms with Crippen molar-refractivity contribution >= 4 is 203 Å². The van der Waals surface area contributed by atoms with Crippen LogP contribution in [0.3, 0.4) is 0 Å². The Hall–Kier alpha value is -9.82. The van der Waals surface area contributed by atoms with Crippen LogP contribution in [0.5, 0.6) is 11.5 Å². The molecule has 0 bridgehead atoms. The molecule has 9 aromatic carbocycles. The summed E-state index contributed by atoms with van der Waals surface area (Å²) in [5.74, 6) is -0.291. The number of aryl methyl sites for hydroxylation is 2. The number of carbonyl (C=O) groups is 3. The second kappa shape index (κ2) is 45.5. The molecule has 0 aromatic heterocycles. The Kier molecular flexibility index (Phi) is 35.9. The molecule has 51 heteroatoms. The molecule has 0 radical (unpaired) electrons. The summed E-state index contributed by atoms with van der Waals surface area (Å²) in [5.41, 5.74) is 6.47. The number of carbonyl (C=O) groups excluding carboxylic acids is 3. The zero-order chi connectivity index (χ0) is 96.8. The Morgan fingerprint density at radius 1 is 0.394 bits per heavy atom. The van der Waals surface area contributed by atoms with E-state index in [1.165, 1.54) is 73.3 Å². The highest BCUT2D eigenvalue weighted by atomic mass is 35.5. The first-order chi connectivity index (χ1) is 62.1. The number of nitro groups is 5. The number of nitro benzene ring substituents is 4. The van der Waals surface area contributed by atoms with E-state index in [1.807, 2.05) is 32.9 Å². The summed E-state index contributed by atoms with van der Waals surface area (Å²) in [4.78, 5) is 97.5. The average molecular weight is 2090 g/mol. The Labute approximate surface area is 805 Å². The topological polar surface area (TPSA) is 477 Å². The fourth-order valence-electron chi connectivity index (χ4n) is 13.3. The highest BCUT2D eigenvalue weighted by Gasteiger charge is 2.39. The molecular weight excluding hydrogens is 2010 g/mol. The maximum Gasteiger partial charge on any atom is 0.271 e. The normalized spacial score (nSPS) is 15.1. The number of benzene rings is 9. The molecule has 0 spiro atoms. The van der Waals surface area contributed by atoms with E-state index in [0.29, 0.717) is 71.6 Å². The number of hydrogen-bond acceptors (Lipinski definition) is 25. The summed E-state index contributed by atoms with van der Waals surface area (Å²) >= 11 is 46.1. The van der Waals surface area contributed by atoms with Gasteiger partial charge in [-0.15, -0.1) is 0 Å². The molecule has 3 amide bonds. The fourth-order valence-corrected chi connectivity index (χ4v) is 25.0. The molecule has 4 aliphatic heterocycles. The van der Waals surface area contributed by atoms with Crippen LogP contribution in [0.25, 0.3) is 0 Å². The van der Waals surface area contributed by atoms with Gasteiger partial charge in [-0.05, 0) is 135 Å². The number of hydrazone groups is 1. The van der Waals surface area contributed by atoms with Crippen molar-refractivity contribution in [2.75, 3.05) is 105 Å². The molecule has 0 saturated carbocycles. The van der Waals surface area contributed by atoms with E-state index in [2.05, 4.69) is 5.10 Å². The Morgan fingerprint density at radius 3 is 1.07 bits per heavy atom. The van der Waals surface area contributed by atoms with Crippen molar-refractivity contribution < 1.29 is 77.5 Å². The largest absolute Gasteiger partial charge is 0.456 e. The van der Waals surface area contributed by atoms with Gasteiger partial charge in [-0.3, -0.25) is 54.8 Å². The van der Waals surface area contributed by atoms with Gasteiger partial charge in [0.1, 0.15) is 36.2 Å². The minimum absolute atomic E-state index is 0.00996. The van der Waals surface area contributed by atoms with Crippen LogP contribution in [-0.2, 0) is 49.7 Å². The van der Waals surface area contributed by atoms with Crippen molar-refractivity contribution in [3.8, 4) is 11.5 Å². The number of halogens is 7. The van der Waals surface area contributed by atoms with E-state index in [0.717, 1.165) is 81.0 Å². The van der Waals surface area contributed by atoms with Gasteiger partial charge in [0.15, 0.2) is 5.03 Å². The van der Waals surface area contributed by atoms with Crippen LogP contribution in [0.2, 0.25) is 35.2 Å². The summed E-state index contributed by atoms with van der Waals surface area (Å²) in [5, 5.41) is 60.6. The number of sulfonamides is 4. The number of non-ortho nitro benzene ring substituents is 4. The molecule has 13 rings (SSSR count). The fraction of sp³-hybridized carbons (Fsp3) is 0.284. The standard InChI is InChI=1S/C24H21Cl2N3O5S2.C21H23Cl2N3O5S2.C18H17Cl2N3O5S2.C18H19ClN6O7S/c1-16-2-4-17(5-3-16)24(30)27-10-12-28(13-11-27)36(33,34)23-15-19(29(31)32)7-9-21(23)35-22-14-18(25)6-8-20(22)26;1-14(2)11-21(27)24-7-9-25(10-8-24)33(30,31)20-13-16(26(28)29)4-6-18(20)32-19-12-15(22)3-5-17(19)23;1-12(24)21-6-8-22(9-7-21)30(27,28)18-11-14(23(25)26)3-5-16(18)29-17-10-13(19)2-4-15(17)20;1-12-8-13(19)10-15(9-12)32-16-3-2-14(24(26)27)11-17(16)33(30,31)23-6-4-22(5-7-23)18(20)21-25(28)29/h2-9,14-15H,10-13H2,1H3;3-6,12-14H,7-11H2,1-2H3;2-5,10-11H,6-9H2,1H3;2-3,8-11H,4-7H2,1H3,(H2,20,21). The number of guanidine groups is 1. The third-order valence-corrected chi connectivity index (χ3v) is 33.8. The van der Waals surface area contributed by atoms with Gasteiger partial charge < -0.3 is 30.1 Å². The summed E-state index contributed by atoms with van der Waals surface area (Å²) in [6, 6.07) is 40.8. The van der Waals surface area contributed by atoms with Gasteiger partial charge >= 0.3 is 0 Å². The zero-order valence-corrected chi connectivity index (χ0v) is 81.1. The van der Waals surface area contributed by atoms with Crippen LogP contribution in [-0.4, -0.2) is 224 Å². The second-order valence-corrected chi connectivity index (χ2v) is 43.4. The van der Waals surface area contributed by atoms with Crippen molar-refractivity contribution in [2.24, 2.45) is 16.8 Å². The van der Waals surface area contributed by atoms with Crippen LogP contribution in [0.15, 0.2) is 224 Å². The maximum atomic E-state index is 13.6. The Morgan fingerprint density at radius 2 is 0.727 bits per heavy atom. The molecular formula is C81H80Cl7N15O22S7. The lowest BCUT2D eigenvalue weighted by atomic mass is 10.1. The van der Waals surface area contributed by atoms with Crippen LogP contribution in [0.4, 0.5) is 22.7 Å². The molecule has 4 fully saturated rings. The van der Waals surface area contributed by atoms with Gasteiger partial charge in [0, 0.05) is 222 Å². The van der Waals surface area contributed by atoms with Crippen LogP contribution >= 0.6 is 116 Å². The van der Waals surface area contributed by atoms with Crippen molar-refractivity contribution in [3.05, 3.63) is 272 Å². The van der Waals surface area contributed by atoms with Gasteiger partial charge in [-0.2, -0.15) is 17.2 Å². The maximum absolute atomic E-state index is 13.6.